The Hall–Kier alpha value is -1.27. The molecule has 0 atom stereocenters. The SMILES string of the molecule is C#CCCNC(=O)CCCc1cccs1. The molecule has 15 heavy (non-hydrogen) atoms. The van der Waals surface area contributed by atoms with Crippen LogP contribution >= 0.6 is 11.3 Å². The maximum absolute atomic E-state index is 11.3. The predicted octanol–water partition coefficient (Wildman–Crippen LogP) is 2.21. The van der Waals surface area contributed by atoms with Gasteiger partial charge in [-0.25, -0.2) is 0 Å². The van der Waals surface area contributed by atoms with Crippen LogP contribution in [0.4, 0.5) is 0 Å². The molecule has 0 radical (unpaired) electrons. The first-order chi connectivity index (χ1) is 7.33. The van der Waals surface area contributed by atoms with Gasteiger partial charge in [-0.3, -0.25) is 4.79 Å². The Bertz CT molecular complexity index is 324. The number of hydrogen-bond acceptors (Lipinski definition) is 2. The Morgan fingerprint density at radius 2 is 2.47 bits per heavy atom. The molecule has 1 heterocycles. The number of rotatable bonds is 6. The lowest BCUT2D eigenvalue weighted by Gasteiger charge is -2.01. The first-order valence-corrected chi connectivity index (χ1v) is 5.93. The predicted molar refractivity (Wildman–Crippen MR) is 63.7 cm³/mol. The van der Waals surface area contributed by atoms with Crippen LogP contribution in [0.5, 0.6) is 0 Å². The zero-order valence-corrected chi connectivity index (χ0v) is 9.48. The number of amides is 1. The van der Waals surface area contributed by atoms with Crippen LogP contribution in [-0.2, 0) is 11.2 Å². The van der Waals surface area contributed by atoms with Crippen molar-refractivity contribution in [2.75, 3.05) is 6.54 Å². The third-order valence-corrected chi connectivity index (χ3v) is 2.93. The molecule has 0 aliphatic heterocycles. The van der Waals surface area contributed by atoms with Crippen molar-refractivity contribution in [3.05, 3.63) is 22.4 Å². The fourth-order valence-electron chi connectivity index (χ4n) is 1.24. The number of aryl methyl sites for hydroxylation is 1. The highest BCUT2D eigenvalue weighted by molar-refractivity contribution is 7.09. The van der Waals surface area contributed by atoms with Gasteiger partial charge < -0.3 is 5.32 Å². The van der Waals surface area contributed by atoms with Crippen molar-refractivity contribution >= 4 is 17.2 Å². The fourth-order valence-corrected chi connectivity index (χ4v) is 1.99. The molecule has 3 heteroatoms. The van der Waals surface area contributed by atoms with Crippen molar-refractivity contribution in [1.82, 2.24) is 5.32 Å². The minimum Gasteiger partial charge on any atom is -0.355 e. The summed E-state index contributed by atoms with van der Waals surface area (Å²) in [5, 5.41) is 4.84. The standard InChI is InChI=1S/C12H15NOS/c1-2-3-9-13-12(14)8-4-6-11-7-5-10-15-11/h1,5,7,10H,3-4,6,8-9H2,(H,13,14). The monoisotopic (exact) mass is 221 g/mol. The Kier molecular flexibility index (Phi) is 5.57. The molecule has 0 aliphatic carbocycles. The molecule has 80 valence electrons. The molecule has 0 bridgehead atoms. The van der Waals surface area contributed by atoms with E-state index < -0.39 is 0 Å². The van der Waals surface area contributed by atoms with Gasteiger partial charge in [0.1, 0.15) is 0 Å². The van der Waals surface area contributed by atoms with Crippen molar-refractivity contribution < 1.29 is 4.79 Å². The van der Waals surface area contributed by atoms with E-state index in [2.05, 4.69) is 22.7 Å². The van der Waals surface area contributed by atoms with Crippen LogP contribution in [0.15, 0.2) is 17.5 Å². The molecule has 0 aliphatic rings. The maximum Gasteiger partial charge on any atom is 0.220 e. The quantitative estimate of drug-likeness (QED) is 0.579. The van der Waals surface area contributed by atoms with Gasteiger partial charge in [-0.15, -0.1) is 23.7 Å². The molecule has 1 rings (SSSR count). The highest BCUT2D eigenvalue weighted by Crippen LogP contribution is 2.11. The highest BCUT2D eigenvalue weighted by Gasteiger charge is 2.00. The first-order valence-electron chi connectivity index (χ1n) is 5.05. The minimum absolute atomic E-state index is 0.0989. The number of hydrogen-bond donors (Lipinski definition) is 1. The van der Waals surface area contributed by atoms with Crippen LogP contribution in [0.1, 0.15) is 24.1 Å². The molecular weight excluding hydrogens is 206 g/mol. The smallest absolute Gasteiger partial charge is 0.220 e. The summed E-state index contributed by atoms with van der Waals surface area (Å²) in [6.07, 6.45) is 8.16. The van der Waals surface area contributed by atoms with Crippen LogP contribution in [-0.4, -0.2) is 12.5 Å². The summed E-state index contributed by atoms with van der Waals surface area (Å²) in [5.41, 5.74) is 0. The fraction of sp³-hybridized carbons (Fsp3) is 0.417. The Labute approximate surface area is 94.7 Å². The van der Waals surface area contributed by atoms with Crippen LogP contribution in [0.2, 0.25) is 0 Å². The van der Waals surface area contributed by atoms with Gasteiger partial charge in [0.05, 0.1) is 0 Å². The summed E-state index contributed by atoms with van der Waals surface area (Å²) in [7, 11) is 0. The molecule has 0 unspecified atom stereocenters. The largest absolute Gasteiger partial charge is 0.355 e. The van der Waals surface area contributed by atoms with Crippen molar-refractivity contribution in [2.45, 2.75) is 25.7 Å². The average molecular weight is 221 g/mol. The maximum atomic E-state index is 11.3. The molecule has 1 aromatic rings. The third kappa shape index (κ3) is 5.24. The molecule has 2 nitrogen and oxygen atoms in total. The summed E-state index contributed by atoms with van der Waals surface area (Å²) in [5.74, 6) is 2.59. The normalized spacial score (nSPS) is 9.53. The molecule has 1 aromatic heterocycles. The van der Waals surface area contributed by atoms with E-state index in [9.17, 15) is 4.79 Å². The summed E-state index contributed by atoms with van der Waals surface area (Å²) in [4.78, 5) is 12.6. The minimum atomic E-state index is 0.0989. The lowest BCUT2D eigenvalue weighted by Crippen LogP contribution is -2.23. The topological polar surface area (TPSA) is 29.1 Å². The molecule has 0 saturated heterocycles. The van der Waals surface area contributed by atoms with Crippen LogP contribution in [0, 0.1) is 12.3 Å². The van der Waals surface area contributed by atoms with Gasteiger partial charge in [0.2, 0.25) is 5.91 Å². The number of carbonyl (C=O) groups excluding carboxylic acids is 1. The van der Waals surface area contributed by atoms with Gasteiger partial charge in [0.15, 0.2) is 0 Å². The van der Waals surface area contributed by atoms with Crippen molar-refractivity contribution in [3.8, 4) is 12.3 Å². The molecule has 0 saturated carbocycles. The first kappa shape index (κ1) is 11.8. The van der Waals surface area contributed by atoms with Crippen LogP contribution in [0.3, 0.4) is 0 Å². The average Bonchev–Trinajstić information content (AvgIpc) is 2.71. The van der Waals surface area contributed by atoms with Crippen LogP contribution in [0.25, 0.3) is 0 Å². The van der Waals surface area contributed by atoms with E-state index in [-0.39, 0.29) is 5.91 Å². The van der Waals surface area contributed by atoms with E-state index in [1.54, 1.807) is 11.3 Å². The van der Waals surface area contributed by atoms with E-state index >= 15 is 0 Å². The van der Waals surface area contributed by atoms with E-state index in [4.69, 9.17) is 6.42 Å². The van der Waals surface area contributed by atoms with E-state index in [0.717, 1.165) is 12.8 Å². The number of terminal acetylenes is 1. The molecule has 0 fully saturated rings. The zero-order chi connectivity index (χ0) is 10.9. The lowest BCUT2D eigenvalue weighted by atomic mass is 10.2. The Morgan fingerprint density at radius 1 is 1.60 bits per heavy atom. The van der Waals surface area contributed by atoms with Gasteiger partial charge in [0.25, 0.3) is 0 Å². The van der Waals surface area contributed by atoms with Gasteiger partial charge in [-0.2, -0.15) is 0 Å². The summed E-state index contributed by atoms with van der Waals surface area (Å²) < 4.78 is 0. The van der Waals surface area contributed by atoms with Gasteiger partial charge in [-0.05, 0) is 24.3 Å². The lowest BCUT2D eigenvalue weighted by molar-refractivity contribution is -0.121. The number of nitrogens with one attached hydrogen (secondary N) is 1. The van der Waals surface area contributed by atoms with E-state index in [1.165, 1.54) is 4.88 Å². The second-order valence-electron chi connectivity index (χ2n) is 3.24. The number of thiophene rings is 1. The van der Waals surface area contributed by atoms with Gasteiger partial charge in [0, 0.05) is 24.3 Å². The second kappa shape index (κ2) is 7.08. The molecule has 1 amide bonds. The second-order valence-corrected chi connectivity index (χ2v) is 4.27. The van der Waals surface area contributed by atoms with Gasteiger partial charge in [-0.1, -0.05) is 6.07 Å². The molecule has 0 aromatic carbocycles. The summed E-state index contributed by atoms with van der Waals surface area (Å²) in [6.45, 7) is 0.592. The Morgan fingerprint density at radius 3 is 3.13 bits per heavy atom. The van der Waals surface area contributed by atoms with E-state index in [0.29, 0.717) is 19.4 Å². The Balaban J connectivity index is 2.05. The third-order valence-electron chi connectivity index (χ3n) is 2.00. The van der Waals surface area contributed by atoms with Crippen molar-refractivity contribution in [1.29, 1.82) is 0 Å². The summed E-state index contributed by atoms with van der Waals surface area (Å²) >= 11 is 1.74. The molecule has 0 spiro atoms. The van der Waals surface area contributed by atoms with Crippen LogP contribution < -0.4 is 5.32 Å². The van der Waals surface area contributed by atoms with Crippen molar-refractivity contribution in [3.63, 3.8) is 0 Å². The molecule has 1 N–H and O–H groups in total. The van der Waals surface area contributed by atoms with Crippen molar-refractivity contribution in [2.24, 2.45) is 0 Å². The summed E-state index contributed by atoms with van der Waals surface area (Å²) in [6, 6.07) is 4.13. The number of carbonyl (C=O) groups is 1. The highest BCUT2D eigenvalue weighted by atomic mass is 32.1. The van der Waals surface area contributed by atoms with E-state index in [1.807, 2.05) is 6.07 Å². The molecular formula is C12H15NOS. The zero-order valence-electron chi connectivity index (χ0n) is 8.66. The van der Waals surface area contributed by atoms with Gasteiger partial charge >= 0.3 is 0 Å².